The van der Waals surface area contributed by atoms with Gasteiger partial charge in [-0.2, -0.15) is 0 Å². The standard InChI is InChI=1S/C7H13N/c1-7(2)8-5-3-4-6-8/h7H,3-5H2,1-2H3. The first-order valence-corrected chi connectivity index (χ1v) is 3.31. The third kappa shape index (κ3) is 1.22. The minimum atomic E-state index is 0.664. The Labute approximate surface area is 51.7 Å². The Morgan fingerprint density at radius 2 is 2.25 bits per heavy atom. The van der Waals surface area contributed by atoms with Crippen LogP contribution in [-0.4, -0.2) is 17.5 Å². The van der Waals surface area contributed by atoms with E-state index in [2.05, 4.69) is 25.3 Å². The molecule has 1 fully saturated rings. The van der Waals surface area contributed by atoms with Gasteiger partial charge in [0.2, 0.25) is 0 Å². The second kappa shape index (κ2) is 2.49. The molecule has 0 amide bonds. The van der Waals surface area contributed by atoms with Crippen LogP contribution in [0.5, 0.6) is 0 Å². The predicted octanol–water partition coefficient (Wildman–Crippen LogP) is 1.53. The molecule has 0 spiro atoms. The lowest BCUT2D eigenvalue weighted by atomic mass is 10.3. The van der Waals surface area contributed by atoms with Gasteiger partial charge in [-0.05, 0) is 33.2 Å². The zero-order chi connectivity index (χ0) is 5.98. The normalized spacial score (nSPS) is 22.9. The number of hydrogen-bond acceptors (Lipinski definition) is 1. The van der Waals surface area contributed by atoms with Gasteiger partial charge in [0.05, 0.1) is 6.54 Å². The van der Waals surface area contributed by atoms with Crippen LogP contribution >= 0.6 is 0 Å². The van der Waals surface area contributed by atoms with Crippen LogP contribution in [-0.2, 0) is 0 Å². The summed E-state index contributed by atoms with van der Waals surface area (Å²) in [5, 5.41) is 0. The Hall–Kier alpha value is -0.0400. The summed E-state index contributed by atoms with van der Waals surface area (Å²) in [5.41, 5.74) is 0. The van der Waals surface area contributed by atoms with Crippen molar-refractivity contribution in [2.24, 2.45) is 0 Å². The largest absolute Gasteiger partial charge is 0.292 e. The summed E-state index contributed by atoms with van der Waals surface area (Å²) < 4.78 is 0. The minimum absolute atomic E-state index is 0.664. The van der Waals surface area contributed by atoms with E-state index in [-0.39, 0.29) is 0 Å². The number of likely N-dealkylation sites (tertiary alicyclic amines) is 1. The van der Waals surface area contributed by atoms with Gasteiger partial charge in [-0.15, -0.1) is 0 Å². The van der Waals surface area contributed by atoms with Crippen molar-refractivity contribution in [3.05, 3.63) is 6.54 Å². The van der Waals surface area contributed by atoms with Crippen LogP contribution in [0.2, 0.25) is 0 Å². The van der Waals surface area contributed by atoms with Crippen LogP contribution in [0, 0.1) is 6.54 Å². The molecule has 8 heavy (non-hydrogen) atoms. The second-order valence-electron chi connectivity index (χ2n) is 2.55. The third-order valence-corrected chi connectivity index (χ3v) is 1.51. The number of nitrogens with zero attached hydrogens (tertiary/aromatic N) is 1. The first-order chi connectivity index (χ1) is 3.80. The summed E-state index contributed by atoms with van der Waals surface area (Å²) in [6.07, 6.45) is 2.47. The van der Waals surface area contributed by atoms with Gasteiger partial charge in [0.25, 0.3) is 0 Å². The van der Waals surface area contributed by atoms with Gasteiger partial charge in [0.15, 0.2) is 0 Å². The molecule has 0 aliphatic carbocycles. The molecule has 0 aromatic carbocycles. The van der Waals surface area contributed by atoms with Gasteiger partial charge in [0, 0.05) is 6.04 Å². The zero-order valence-electron chi connectivity index (χ0n) is 5.65. The summed E-state index contributed by atoms with van der Waals surface area (Å²) in [7, 11) is 0. The first kappa shape index (κ1) is 6.09. The van der Waals surface area contributed by atoms with Crippen molar-refractivity contribution in [1.29, 1.82) is 0 Å². The topological polar surface area (TPSA) is 3.24 Å². The molecule has 0 N–H and O–H groups in total. The lowest BCUT2D eigenvalue weighted by molar-refractivity contribution is 0.317. The summed E-state index contributed by atoms with van der Waals surface area (Å²) in [5.74, 6) is 0. The van der Waals surface area contributed by atoms with Crippen LogP contribution in [0.3, 0.4) is 0 Å². The van der Waals surface area contributed by atoms with E-state index in [4.69, 9.17) is 0 Å². The quantitative estimate of drug-likeness (QED) is 0.496. The Bertz CT molecular complexity index is 62.8. The lowest BCUT2D eigenvalue weighted by Crippen LogP contribution is -2.23. The van der Waals surface area contributed by atoms with Crippen molar-refractivity contribution >= 4 is 0 Å². The average molecular weight is 111 g/mol. The van der Waals surface area contributed by atoms with Crippen LogP contribution in [0.25, 0.3) is 0 Å². The molecule has 0 bridgehead atoms. The molecule has 1 heterocycles. The maximum Gasteiger partial charge on any atom is 0.0618 e. The van der Waals surface area contributed by atoms with Crippen molar-refractivity contribution < 1.29 is 0 Å². The monoisotopic (exact) mass is 111 g/mol. The molecule has 0 saturated carbocycles. The Morgan fingerprint density at radius 3 is 2.50 bits per heavy atom. The van der Waals surface area contributed by atoms with Gasteiger partial charge in [-0.3, -0.25) is 4.90 Å². The highest BCUT2D eigenvalue weighted by molar-refractivity contribution is 4.78. The fourth-order valence-corrected chi connectivity index (χ4v) is 0.992. The molecular weight excluding hydrogens is 98.1 g/mol. The molecule has 0 atom stereocenters. The highest BCUT2D eigenvalue weighted by Gasteiger charge is 2.14. The van der Waals surface area contributed by atoms with E-state index >= 15 is 0 Å². The zero-order valence-corrected chi connectivity index (χ0v) is 5.65. The molecule has 1 rings (SSSR count). The highest BCUT2D eigenvalue weighted by atomic mass is 15.2. The van der Waals surface area contributed by atoms with Crippen LogP contribution < -0.4 is 0 Å². The molecular formula is C7H13N. The number of hydrogen-bond donors (Lipinski definition) is 0. The Balaban J connectivity index is 2.24. The summed E-state index contributed by atoms with van der Waals surface area (Å²) >= 11 is 0. The van der Waals surface area contributed by atoms with Gasteiger partial charge in [0.1, 0.15) is 0 Å². The molecule has 1 aliphatic heterocycles. The molecule has 0 unspecified atom stereocenters. The van der Waals surface area contributed by atoms with Gasteiger partial charge < -0.3 is 0 Å². The molecule has 1 heteroatoms. The highest BCUT2D eigenvalue weighted by Crippen LogP contribution is 2.14. The molecule has 1 nitrogen and oxygen atoms in total. The van der Waals surface area contributed by atoms with E-state index in [1.807, 2.05) is 0 Å². The van der Waals surface area contributed by atoms with Gasteiger partial charge in [-0.1, -0.05) is 0 Å². The van der Waals surface area contributed by atoms with Crippen molar-refractivity contribution in [3.8, 4) is 0 Å². The van der Waals surface area contributed by atoms with E-state index < -0.39 is 0 Å². The Morgan fingerprint density at radius 1 is 1.50 bits per heavy atom. The van der Waals surface area contributed by atoms with Crippen molar-refractivity contribution in [2.45, 2.75) is 32.7 Å². The average Bonchev–Trinajstić information content (AvgIpc) is 2.12. The molecule has 1 aliphatic rings. The smallest absolute Gasteiger partial charge is 0.0618 e. The third-order valence-electron chi connectivity index (χ3n) is 1.51. The van der Waals surface area contributed by atoms with Crippen LogP contribution in [0.4, 0.5) is 0 Å². The van der Waals surface area contributed by atoms with E-state index in [0.29, 0.717) is 6.04 Å². The SMILES string of the molecule is CC(C)N1[C]CCC1. The maximum absolute atomic E-state index is 3.29. The number of rotatable bonds is 1. The van der Waals surface area contributed by atoms with E-state index in [9.17, 15) is 0 Å². The van der Waals surface area contributed by atoms with Crippen molar-refractivity contribution in [1.82, 2.24) is 4.90 Å². The van der Waals surface area contributed by atoms with Crippen molar-refractivity contribution in [3.63, 3.8) is 0 Å². The van der Waals surface area contributed by atoms with Gasteiger partial charge >= 0.3 is 0 Å². The summed E-state index contributed by atoms with van der Waals surface area (Å²) in [6.45, 7) is 8.92. The maximum atomic E-state index is 3.29. The van der Waals surface area contributed by atoms with Crippen molar-refractivity contribution in [2.75, 3.05) is 6.54 Å². The van der Waals surface area contributed by atoms with E-state index in [0.717, 1.165) is 6.42 Å². The fourth-order valence-electron chi connectivity index (χ4n) is 0.992. The molecule has 2 radical (unpaired) electrons. The fraction of sp³-hybridized carbons (Fsp3) is 0.857. The Kier molecular flexibility index (Phi) is 1.90. The van der Waals surface area contributed by atoms with Crippen LogP contribution in [0.1, 0.15) is 26.7 Å². The summed E-state index contributed by atoms with van der Waals surface area (Å²) in [4.78, 5) is 2.28. The second-order valence-corrected chi connectivity index (χ2v) is 2.55. The summed E-state index contributed by atoms with van der Waals surface area (Å²) in [6, 6.07) is 0.664. The van der Waals surface area contributed by atoms with E-state index in [1.54, 1.807) is 0 Å². The molecule has 1 saturated heterocycles. The van der Waals surface area contributed by atoms with Crippen LogP contribution in [0.15, 0.2) is 0 Å². The molecule has 0 aromatic heterocycles. The lowest BCUT2D eigenvalue weighted by Gasteiger charge is -2.17. The van der Waals surface area contributed by atoms with E-state index in [1.165, 1.54) is 13.0 Å². The minimum Gasteiger partial charge on any atom is -0.292 e. The molecule has 46 valence electrons. The first-order valence-electron chi connectivity index (χ1n) is 3.31. The predicted molar refractivity (Wildman–Crippen MR) is 34.3 cm³/mol. The molecule has 0 aromatic rings. The van der Waals surface area contributed by atoms with Gasteiger partial charge in [-0.25, -0.2) is 0 Å².